The molecular weight excluding hydrogens is 218 g/mol. The minimum absolute atomic E-state index is 0.0338. The SMILES string of the molecule is CCc1coc(-c2ccc(CC(=O)O)cc2)n1. The molecule has 0 aliphatic rings. The van der Waals surface area contributed by atoms with Crippen LogP contribution in [0, 0.1) is 0 Å². The van der Waals surface area contributed by atoms with Gasteiger partial charge in [0.15, 0.2) is 0 Å². The number of rotatable bonds is 4. The van der Waals surface area contributed by atoms with Gasteiger partial charge in [-0.05, 0) is 24.1 Å². The summed E-state index contributed by atoms with van der Waals surface area (Å²) in [7, 11) is 0. The Morgan fingerprint density at radius 1 is 1.35 bits per heavy atom. The molecule has 0 radical (unpaired) electrons. The van der Waals surface area contributed by atoms with E-state index in [1.807, 2.05) is 19.1 Å². The number of carboxylic acid groups (broad SMARTS) is 1. The monoisotopic (exact) mass is 231 g/mol. The fourth-order valence-electron chi connectivity index (χ4n) is 1.54. The van der Waals surface area contributed by atoms with Crippen LogP contribution in [0.2, 0.25) is 0 Å². The maximum absolute atomic E-state index is 10.5. The van der Waals surface area contributed by atoms with Crippen molar-refractivity contribution in [2.75, 3.05) is 0 Å². The van der Waals surface area contributed by atoms with E-state index in [4.69, 9.17) is 9.52 Å². The molecule has 0 saturated heterocycles. The summed E-state index contributed by atoms with van der Waals surface area (Å²) in [5.41, 5.74) is 2.54. The summed E-state index contributed by atoms with van der Waals surface area (Å²) in [5.74, 6) is -0.258. The largest absolute Gasteiger partial charge is 0.481 e. The van der Waals surface area contributed by atoms with Gasteiger partial charge < -0.3 is 9.52 Å². The van der Waals surface area contributed by atoms with Crippen molar-refractivity contribution in [3.05, 3.63) is 41.8 Å². The van der Waals surface area contributed by atoms with Gasteiger partial charge in [0, 0.05) is 5.56 Å². The van der Waals surface area contributed by atoms with Crippen molar-refractivity contribution in [1.29, 1.82) is 0 Å². The van der Waals surface area contributed by atoms with Gasteiger partial charge in [0.05, 0.1) is 12.1 Å². The van der Waals surface area contributed by atoms with Gasteiger partial charge in [-0.2, -0.15) is 0 Å². The number of benzene rings is 1. The Labute approximate surface area is 98.9 Å². The summed E-state index contributed by atoms with van der Waals surface area (Å²) in [6, 6.07) is 7.20. The van der Waals surface area contributed by atoms with E-state index >= 15 is 0 Å². The highest BCUT2D eigenvalue weighted by Gasteiger charge is 2.06. The van der Waals surface area contributed by atoms with Crippen molar-refractivity contribution in [2.45, 2.75) is 19.8 Å². The van der Waals surface area contributed by atoms with Crippen LogP contribution in [0.1, 0.15) is 18.2 Å². The first kappa shape index (κ1) is 11.4. The molecule has 0 spiro atoms. The van der Waals surface area contributed by atoms with Gasteiger partial charge >= 0.3 is 5.97 Å². The molecule has 2 aromatic rings. The van der Waals surface area contributed by atoms with Crippen molar-refractivity contribution in [2.24, 2.45) is 0 Å². The van der Waals surface area contributed by atoms with Gasteiger partial charge in [-0.3, -0.25) is 4.79 Å². The molecule has 0 unspecified atom stereocenters. The predicted molar refractivity (Wildman–Crippen MR) is 62.7 cm³/mol. The van der Waals surface area contributed by atoms with Crippen molar-refractivity contribution in [3.63, 3.8) is 0 Å². The molecule has 0 aliphatic heterocycles. The Kier molecular flexibility index (Phi) is 3.23. The lowest BCUT2D eigenvalue weighted by atomic mass is 10.1. The van der Waals surface area contributed by atoms with Crippen LogP contribution in [-0.4, -0.2) is 16.1 Å². The number of nitrogens with zero attached hydrogens (tertiary/aromatic N) is 1. The van der Waals surface area contributed by atoms with E-state index in [1.165, 1.54) is 0 Å². The van der Waals surface area contributed by atoms with Crippen molar-refractivity contribution < 1.29 is 14.3 Å². The Bertz CT molecular complexity index is 514. The topological polar surface area (TPSA) is 63.3 Å². The lowest BCUT2D eigenvalue weighted by molar-refractivity contribution is -0.136. The number of aliphatic carboxylic acids is 1. The van der Waals surface area contributed by atoms with Crippen LogP contribution in [-0.2, 0) is 17.6 Å². The number of aromatic nitrogens is 1. The van der Waals surface area contributed by atoms with Gasteiger partial charge in [-0.25, -0.2) is 4.98 Å². The van der Waals surface area contributed by atoms with E-state index in [-0.39, 0.29) is 6.42 Å². The Morgan fingerprint density at radius 2 is 2.06 bits per heavy atom. The third-order valence-electron chi connectivity index (χ3n) is 2.47. The maximum atomic E-state index is 10.5. The number of hydrogen-bond donors (Lipinski definition) is 1. The number of aryl methyl sites for hydroxylation is 1. The maximum Gasteiger partial charge on any atom is 0.307 e. The zero-order chi connectivity index (χ0) is 12.3. The van der Waals surface area contributed by atoms with Crippen molar-refractivity contribution in [3.8, 4) is 11.5 Å². The molecule has 0 bridgehead atoms. The Morgan fingerprint density at radius 3 is 2.59 bits per heavy atom. The third-order valence-corrected chi connectivity index (χ3v) is 2.47. The van der Waals surface area contributed by atoms with Crippen molar-refractivity contribution >= 4 is 5.97 Å². The molecule has 0 amide bonds. The van der Waals surface area contributed by atoms with Crippen LogP contribution >= 0.6 is 0 Å². The molecule has 1 aromatic heterocycles. The summed E-state index contributed by atoms with van der Waals surface area (Å²) in [4.78, 5) is 14.8. The third kappa shape index (κ3) is 2.72. The number of hydrogen-bond acceptors (Lipinski definition) is 3. The highest BCUT2D eigenvalue weighted by atomic mass is 16.4. The summed E-state index contributed by atoms with van der Waals surface area (Å²) in [6.07, 6.45) is 2.51. The second-order valence-corrected chi connectivity index (χ2v) is 3.76. The fraction of sp³-hybridized carbons (Fsp3) is 0.231. The molecule has 0 atom stereocenters. The average Bonchev–Trinajstić information content (AvgIpc) is 2.78. The first-order chi connectivity index (χ1) is 8.19. The molecule has 17 heavy (non-hydrogen) atoms. The Balaban J connectivity index is 2.19. The highest BCUT2D eigenvalue weighted by Crippen LogP contribution is 2.19. The first-order valence-corrected chi connectivity index (χ1v) is 5.44. The molecule has 0 saturated carbocycles. The molecule has 1 heterocycles. The smallest absolute Gasteiger partial charge is 0.307 e. The Hall–Kier alpha value is -2.10. The van der Waals surface area contributed by atoms with E-state index in [0.717, 1.165) is 23.2 Å². The molecule has 0 fully saturated rings. The number of carbonyl (C=O) groups is 1. The summed E-state index contributed by atoms with van der Waals surface area (Å²) >= 11 is 0. The molecular formula is C13H13NO3. The van der Waals surface area contributed by atoms with Gasteiger partial charge in [-0.15, -0.1) is 0 Å². The predicted octanol–water partition coefficient (Wildman–Crippen LogP) is 2.53. The van der Waals surface area contributed by atoms with E-state index in [2.05, 4.69) is 4.98 Å². The van der Waals surface area contributed by atoms with E-state index < -0.39 is 5.97 Å². The van der Waals surface area contributed by atoms with Gasteiger partial charge in [0.1, 0.15) is 6.26 Å². The number of carboxylic acids is 1. The van der Waals surface area contributed by atoms with Crippen LogP contribution in [0.15, 0.2) is 34.9 Å². The minimum atomic E-state index is -0.831. The average molecular weight is 231 g/mol. The highest BCUT2D eigenvalue weighted by molar-refractivity contribution is 5.70. The molecule has 1 aromatic carbocycles. The van der Waals surface area contributed by atoms with Crippen LogP contribution in [0.5, 0.6) is 0 Å². The molecule has 1 N–H and O–H groups in total. The lowest BCUT2D eigenvalue weighted by Crippen LogP contribution is -1.99. The van der Waals surface area contributed by atoms with Crippen LogP contribution in [0.25, 0.3) is 11.5 Å². The molecule has 4 nitrogen and oxygen atoms in total. The molecule has 88 valence electrons. The van der Waals surface area contributed by atoms with Gasteiger partial charge in [0.25, 0.3) is 0 Å². The zero-order valence-corrected chi connectivity index (χ0v) is 9.51. The molecule has 2 rings (SSSR count). The number of oxazole rings is 1. The second kappa shape index (κ2) is 4.82. The molecule has 4 heteroatoms. The minimum Gasteiger partial charge on any atom is -0.481 e. The van der Waals surface area contributed by atoms with Crippen molar-refractivity contribution in [1.82, 2.24) is 4.98 Å². The van der Waals surface area contributed by atoms with Crippen LogP contribution in [0.3, 0.4) is 0 Å². The van der Waals surface area contributed by atoms with Gasteiger partial charge in [-0.1, -0.05) is 19.1 Å². The summed E-state index contributed by atoms with van der Waals surface area (Å²) in [6.45, 7) is 2.01. The first-order valence-electron chi connectivity index (χ1n) is 5.44. The molecule has 0 aliphatic carbocycles. The normalized spacial score (nSPS) is 10.4. The van der Waals surface area contributed by atoms with Crippen LogP contribution < -0.4 is 0 Å². The summed E-state index contributed by atoms with van der Waals surface area (Å²) < 4.78 is 5.34. The second-order valence-electron chi connectivity index (χ2n) is 3.76. The lowest BCUT2D eigenvalue weighted by Gasteiger charge is -1.98. The van der Waals surface area contributed by atoms with Gasteiger partial charge in [0.2, 0.25) is 5.89 Å². The summed E-state index contributed by atoms with van der Waals surface area (Å²) in [5, 5.41) is 8.66. The standard InChI is InChI=1S/C13H13NO3/c1-2-11-8-17-13(14-11)10-5-3-9(4-6-10)7-12(15)16/h3-6,8H,2,7H2,1H3,(H,15,16). The van der Waals surface area contributed by atoms with Crippen LogP contribution in [0.4, 0.5) is 0 Å². The zero-order valence-electron chi connectivity index (χ0n) is 9.51. The fourth-order valence-corrected chi connectivity index (χ4v) is 1.54. The quantitative estimate of drug-likeness (QED) is 0.878. The van der Waals surface area contributed by atoms with E-state index in [1.54, 1.807) is 18.4 Å². The van der Waals surface area contributed by atoms with E-state index in [0.29, 0.717) is 5.89 Å². The van der Waals surface area contributed by atoms with E-state index in [9.17, 15) is 4.79 Å².